The molecule has 27 heavy (non-hydrogen) atoms. The summed E-state index contributed by atoms with van der Waals surface area (Å²) >= 11 is 23.4. The molecule has 0 aliphatic heterocycles. The first-order valence-electron chi connectivity index (χ1n) is 7.95. The summed E-state index contributed by atoms with van der Waals surface area (Å²) in [6, 6.07) is 11.9. The van der Waals surface area contributed by atoms with Crippen molar-refractivity contribution in [3.63, 3.8) is 0 Å². The Bertz CT molecular complexity index is 767. The van der Waals surface area contributed by atoms with Gasteiger partial charge in [0.1, 0.15) is 16.8 Å². The van der Waals surface area contributed by atoms with Gasteiger partial charge in [0, 0.05) is 18.6 Å². The highest BCUT2D eigenvalue weighted by molar-refractivity contribution is 6.55. The Hall–Kier alpha value is -1.59. The second kappa shape index (κ2) is 11.3. The van der Waals surface area contributed by atoms with E-state index in [9.17, 15) is 4.79 Å². The van der Waals surface area contributed by atoms with Gasteiger partial charge in [0.2, 0.25) is 0 Å². The number of esters is 1. The van der Waals surface area contributed by atoms with E-state index in [0.717, 1.165) is 0 Å². The van der Waals surface area contributed by atoms with E-state index < -0.39 is 0 Å². The molecule has 2 rings (SSSR count). The summed E-state index contributed by atoms with van der Waals surface area (Å²) < 4.78 is 16.3. The third kappa shape index (κ3) is 7.51. The maximum Gasteiger partial charge on any atom is 0.338 e. The Morgan fingerprint density at radius 1 is 0.963 bits per heavy atom. The number of benzene rings is 2. The van der Waals surface area contributed by atoms with Crippen LogP contribution in [-0.2, 0) is 4.74 Å². The molecular formula is C19H16Cl4O4. The zero-order chi connectivity index (χ0) is 19.6. The van der Waals surface area contributed by atoms with Crippen LogP contribution in [0.25, 0.3) is 0 Å². The maximum absolute atomic E-state index is 11.8. The number of rotatable bonds is 9. The molecule has 0 spiro atoms. The third-order valence-corrected chi connectivity index (χ3v) is 4.11. The van der Waals surface area contributed by atoms with E-state index >= 15 is 0 Å². The summed E-state index contributed by atoms with van der Waals surface area (Å²) in [7, 11) is 0. The summed E-state index contributed by atoms with van der Waals surface area (Å²) in [5.74, 6) is 0.422. The average molecular weight is 450 g/mol. The third-order valence-electron chi connectivity index (χ3n) is 3.24. The molecule has 0 aromatic heterocycles. The molecule has 0 atom stereocenters. The summed E-state index contributed by atoms with van der Waals surface area (Å²) in [6.45, 7) is 0.684. The Morgan fingerprint density at radius 2 is 1.63 bits per heavy atom. The van der Waals surface area contributed by atoms with Crippen molar-refractivity contribution in [2.24, 2.45) is 0 Å². The van der Waals surface area contributed by atoms with Crippen molar-refractivity contribution in [3.05, 3.63) is 68.6 Å². The Morgan fingerprint density at radius 3 is 2.26 bits per heavy atom. The van der Waals surface area contributed by atoms with Crippen molar-refractivity contribution < 1.29 is 19.0 Å². The van der Waals surface area contributed by atoms with Gasteiger partial charge in [0.25, 0.3) is 0 Å². The van der Waals surface area contributed by atoms with Gasteiger partial charge in [-0.3, -0.25) is 0 Å². The van der Waals surface area contributed by atoms with Crippen LogP contribution in [0.15, 0.2) is 53.0 Å². The lowest BCUT2D eigenvalue weighted by Crippen LogP contribution is -2.09. The molecule has 144 valence electrons. The molecule has 0 heterocycles. The summed E-state index contributed by atoms with van der Waals surface area (Å²) in [6.07, 6.45) is 1.98. The molecule has 0 unspecified atom stereocenters. The lowest BCUT2D eigenvalue weighted by Gasteiger charge is -2.12. The smallest absolute Gasteiger partial charge is 0.338 e. The molecule has 0 radical (unpaired) electrons. The van der Waals surface area contributed by atoms with Crippen LogP contribution in [0, 0.1) is 0 Å². The minimum absolute atomic E-state index is 0.111. The van der Waals surface area contributed by atoms with Crippen LogP contribution in [0.3, 0.4) is 0 Å². The van der Waals surface area contributed by atoms with E-state index in [4.69, 9.17) is 60.6 Å². The van der Waals surface area contributed by atoms with E-state index in [1.54, 1.807) is 36.4 Å². The molecule has 0 N–H and O–H groups in total. The maximum atomic E-state index is 11.8. The van der Waals surface area contributed by atoms with E-state index in [1.807, 2.05) is 6.07 Å². The van der Waals surface area contributed by atoms with Crippen LogP contribution in [0.1, 0.15) is 16.8 Å². The van der Waals surface area contributed by atoms with Crippen LogP contribution >= 0.6 is 46.4 Å². The lowest BCUT2D eigenvalue weighted by atomic mass is 10.2. The Labute approximate surface area is 177 Å². The second-order valence-electron chi connectivity index (χ2n) is 5.22. The number of halogens is 4. The topological polar surface area (TPSA) is 44.8 Å². The fourth-order valence-electron chi connectivity index (χ4n) is 2.01. The molecule has 0 saturated heterocycles. The van der Waals surface area contributed by atoms with Crippen LogP contribution in [0.2, 0.25) is 10.0 Å². The standard InChI is InChI=1S/C19H16Cl4O4/c20-15-11-14(25-10-7-17(22)23)12-16(21)18(15)26-8-4-9-27-19(24)13-5-2-1-3-6-13/h1-3,5-7,11-12H,4,8-10H2. The van der Waals surface area contributed by atoms with E-state index in [1.165, 1.54) is 6.08 Å². The Kier molecular flexibility index (Phi) is 9.08. The van der Waals surface area contributed by atoms with Crippen molar-refractivity contribution in [1.82, 2.24) is 0 Å². The van der Waals surface area contributed by atoms with E-state index in [0.29, 0.717) is 33.5 Å². The molecule has 8 heteroatoms. The number of hydrogen-bond acceptors (Lipinski definition) is 4. The zero-order valence-electron chi connectivity index (χ0n) is 14.1. The van der Waals surface area contributed by atoms with Crippen molar-refractivity contribution >= 4 is 52.4 Å². The van der Waals surface area contributed by atoms with Crippen LogP contribution < -0.4 is 9.47 Å². The van der Waals surface area contributed by atoms with Gasteiger partial charge in [-0.2, -0.15) is 0 Å². The SMILES string of the molecule is O=C(OCCCOc1c(Cl)cc(OCC=C(Cl)Cl)cc1Cl)c1ccccc1. The Balaban J connectivity index is 1.78. The minimum Gasteiger partial charge on any atom is -0.490 e. The normalized spacial score (nSPS) is 10.2. The van der Waals surface area contributed by atoms with Crippen molar-refractivity contribution in [1.29, 1.82) is 0 Å². The van der Waals surface area contributed by atoms with Gasteiger partial charge in [-0.25, -0.2) is 4.79 Å². The minimum atomic E-state index is -0.376. The molecule has 0 bridgehead atoms. The monoisotopic (exact) mass is 448 g/mol. The molecule has 0 saturated carbocycles. The highest BCUT2D eigenvalue weighted by Gasteiger charge is 2.11. The highest BCUT2D eigenvalue weighted by atomic mass is 35.5. The first-order valence-corrected chi connectivity index (χ1v) is 9.46. The van der Waals surface area contributed by atoms with Gasteiger partial charge < -0.3 is 14.2 Å². The molecule has 0 aliphatic carbocycles. The fourth-order valence-corrected chi connectivity index (χ4v) is 2.72. The molecule has 2 aromatic carbocycles. The predicted octanol–water partition coefficient (Wildman–Crippen LogP) is 6.32. The quantitative estimate of drug-likeness (QED) is 0.332. The second-order valence-corrected chi connectivity index (χ2v) is 7.05. The van der Waals surface area contributed by atoms with Gasteiger partial charge in [0.15, 0.2) is 5.75 Å². The van der Waals surface area contributed by atoms with Gasteiger partial charge in [-0.05, 0) is 18.2 Å². The summed E-state index contributed by atoms with van der Waals surface area (Å²) in [5.41, 5.74) is 0.505. The first kappa shape index (κ1) is 21.7. The number of carbonyl (C=O) groups excluding carboxylic acids is 1. The number of hydrogen-bond donors (Lipinski definition) is 0. The highest BCUT2D eigenvalue weighted by Crippen LogP contribution is 2.37. The van der Waals surface area contributed by atoms with Gasteiger partial charge >= 0.3 is 5.97 Å². The van der Waals surface area contributed by atoms with Crippen LogP contribution in [0.4, 0.5) is 0 Å². The number of carbonyl (C=O) groups is 1. The van der Waals surface area contributed by atoms with Gasteiger partial charge in [-0.1, -0.05) is 64.6 Å². The molecular weight excluding hydrogens is 434 g/mol. The molecule has 0 fully saturated rings. The van der Waals surface area contributed by atoms with Gasteiger partial charge in [0.05, 0.1) is 28.8 Å². The summed E-state index contributed by atoms with van der Waals surface area (Å²) in [5, 5.41) is 0.611. The van der Waals surface area contributed by atoms with E-state index in [-0.39, 0.29) is 30.3 Å². The molecule has 0 aliphatic rings. The van der Waals surface area contributed by atoms with Crippen molar-refractivity contribution in [2.75, 3.05) is 19.8 Å². The molecule has 0 amide bonds. The molecule has 4 nitrogen and oxygen atoms in total. The van der Waals surface area contributed by atoms with Crippen LogP contribution in [-0.4, -0.2) is 25.8 Å². The van der Waals surface area contributed by atoms with Crippen molar-refractivity contribution in [3.8, 4) is 11.5 Å². The van der Waals surface area contributed by atoms with Gasteiger partial charge in [-0.15, -0.1) is 0 Å². The molecule has 2 aromatic rings. The number of ether oxygens (including phenoxy) is 3. The average Bonchev–Trinajstić information content (AvgIpc) is 2.63. The summed E-state index contributed by atoms with van der Waals surface area (Å²) in [4.78, 5) is 11.8. The van der Waals surface area contributed by atoms with Crippen LogP contribution in [0.5, 0.6) is 11.5 Å². The first-order chi connectivity index (χ1) is 13.0. The fraction of sp³-hybridized carbons (Fsp3) is 0.211. The zero-order valence-corrected chi connectivity index (χ0v) is 17.1. The van der Waals surface area contributed by atoms with Crippen molar-refractivity contribution in [2.45, 2.75) is 6.42 Å². The predicted molar refractivity (Wildman–Crippen MR) is 109 cm³/mol. The van der Waals surface area contributed by atoms with E-state index in [2.05, 4.69) is 0 Å². The lowest BCUT2D eigenvalue weighted by molar-refractivity contribution is 0.0486. The largest absolute Gasteiger partial charge is 0.490 e.